The molecule has 0 atom stereocenters. The van der Waals surface area contributed by atoms with Gasteiger partial charge in [0.15, 0.2) is 5.96 Å². The fourth-order valence-electron chi connectivity index (χ4n) is 2.34. The highest BCUT2D eigenvalue weighted by atomic mass is 32.1. The molecule has 25 heavy (non-hydrogen) atoms. The topological polar surface area (TPSA) is 58.5 Å². The predicted molar refractivity (Wildman–Crippen MR) is 106 cm³/mol. The Bertz CT molecular complexity index is 664. The van der Waals surface area contributed by atoms with E-state index in [0.29, 0.717) is 12.5 Å². The first kappa shape index (κ1) is 19.2. The molecule has 0 aliphatic rings. The van der Waals surface area contributed by atoms with Crippen LogP contribution in [0, 0.1) is 0 Å². The zero-order valence-electron chi connectivity index (χ0n) is 15.5. The molecule has 1 heterocycles. The van der Waals surface area contributed by atoms with E-state index < -0.39 is 0 Å². The van der Waals surface area contributed by atoms with Crippen LogP contribution in [0.25, 0.3) is 0 Å². The molecule has 2 aromatic rings. The summed E-state index contributed by atoms with van der Waals surface area (Å²) in [5, 5.41) is 9.89. The number of hydrogen-bond acceptors (Lipinski definition) is 4. The summed E-state index contributed by atoms with van der Waals surface area (Å²) in [6.45, 7) is 5.90. The van der Waals surface area contributed by atoms with Crippen molar-refractivity contribution < 1.29 is 4.74 Å². The maximum absolute atomic E-state index is 5.18. The normalized spacial score (nSPS) is 11.6. The number of hydrogen-bond donors (Lipinski definition) is 2. The van der Waals surface area contributed by atoms with Gasteiger partial charge < -0.3 is 15.4 Å². The van der Waals surface area contributed by atoms with Crippen LogP contribution in [0.4, 0.5) is 0 Å². The highest BCUT2D eigenvalue weighted by molar-refractivity contribution is 7.09. The number of aromatic nitrogens is 1. The zero-order valence-corrected chi connectivity index (χ0v) is 16.3. The molecule has 0 aliphatic heterocycles. The molecule has 0 aliphatic carbocycles. The molecule has 0 fully saturated rings. The summed E-state index contributed by atoms with van der Waals surface area (Å²) in [5.74, 6) is 2.19. The van der Waals surface area contributed by atoms with Gasteiger partial charge in [0, 0.05) is 19.0 Å². The molecule has 1 aromatic heterocycles. The number of thiazole rings is 1. The lowest BCUT2D eigenvalue weighted by Crippen LogP contribution is -2.37. The smallest absolute Gasteiger partial charge is 0.191 e. The van der Waals surface area contributed by atoms with E-state index >= 15 is 0 Å². The number of aryl methyl sites for hydroxylation is 1. The number of ether oxygens (including phenoxy) is 1. The van der Waals surface area contributed by atoms with Crippen molar-refractivity contribution in [3.8, 4) is 5.75 Å². The number of guanidine groups is 1. The Morgan fingerprint density at radius 2 is 2.00 bits per heavy atom. The van der Waals surface area contributed by atoms with E-state index in [0.717, 1.165) is 41.8 Å². The first-order valence-corrected chi connectivity index (χ1v) is 9.52. The van der Waals surface area contributed by atoms with E-state index in [2.05, 4.69) is 52.0 Å². The Balaban J connectivity index is 1.69. The van der Waals surface area contributed by atoms with Crippen LogP contribution in [0.2, 0.25) is 0 Å². The Morgan fingerprint density at radius 3 is 2.60 bits per heavy atom. The van der Waals surface area contributed by atoms with Gasteiger partial charge in [-0.25, -0.2) is 4.98 Å². The van der Waals surface area contributed by atoms with E-state index in [1.54, 1.807) is 25.5 Å². The summed E-state index contributed by atoms with van der Waals surface area (Å²) in [6, 6.07) is 8.23. The van der Waals surface area contributed by atoms with Crippen molar-refractivity contribution >= 4 is 17.3 Å². The second kappa shape index (κ2) is 10.0. The molecular formula is C19H28N4OS. The van der Waals surface area contributed by atoms with Crippen LogP contribution in [-0.4, -0.2) is 31.6 Å². The fraction of sp³-hybridized carbons (Fsp3) is 0.474. The summed E-state index contributed by atoms with van der Waals surface area (Å²) in [4.78, 5) is 8.90. The van der Waals surface area contributed by atoms with Crippen LogP contribution < -0.4 is 15.4 Å². The van der Waals surface area contributed by atoms with Gasteiger partial charge in [-0.2, -0.15) is 0 Å². The standard InChI is InChI=1S/C19H28N4OS/c1-14(2)17-13-25-18(23-17)12-22-19(20-3)21-11-5-6-15-7-9-16(24-4)10-8-15/h7-10,13-14H,5-6,11-12H2,1-4H3,(H2,20,21,22). The fourth-order valence-corrected chi connectivity index (χ4v) is 3.24. The minimum absolute atomic E-state index is 0.473. The zero-order chi connectivity index (χ0) is 18.1. The van der Waals surface area contributed by atoms with Crippen LogP contribution in [0.1, 0.15) is 42.5 Å². The van der Waals surface area contributed by atoms with Crippen molar-refractivity contribution in [2.24, 2.45) is 4.99 Å². The van der Waals surface area contributed by atoms with Gasteiger partial charge in [-0.3, -0.25) is 4.99 Å². The third-order valence-corrected chi connectivity index (χ3v) is 4.75. The molecule has 1 aromatic carbocycles. The maximum Gasteiger partial charge on any atom is 0.191 e. The van der Waals surface area contributed by atoms with Crippen molar-refractivity contribution in [3.05, 3.63) is 45.9 Å². The molecule has 136 valence electrons. The van der Waals surface area contributed by atoms with E-state index in [-0.39, 0.29) is 0 Å². The van der Waals surface area contributed by atoms with Crippen LogP contribution in [0.5, 0.6) is 5.75 Å². The average molecular weight is 361 g/mol. The lowest BCUT2D eigenvalue weighted by molar-refractivity contribution is 0.414. The molecule has 0 unspecified atom stereocenters. The van der Waals surface area contributed by atoms with Crippen LogP contribution in [0.3, 0.4) is 0 Å². The van der Waals surface area contributed by atoms with Crippen LogP contribution >= 0.6 is 11.3 Å². The summed E-state index contributed by atoms with van der Waals surface area (Å²) in [5.41, 5.74) is 2.47. The summed E-state index contributed by atoms with van der Waals surface area (Å²) < 4.78 is 5.18. The first-order chi connectivity index (χ1) is 12.1. The van der Waals surface area contributed by atoms with Gasteiger partial charge in [0.05, 0.1) is 19.3 Å². The second-order valence-corrected chi connectivity index (χ2v) is 7.07. The van der Waals surface area contributed by atoms with Crippen LogP contribution in [-0.2, 0) is 13.0 Å². The molecule has 6 heteroatoms. The summed E-state index contributed by atoms with van der Waals surface area (Å²) >= 11 is 1.69. The molecule has 2 rings (SSSR count). The lowest BCUT2D eigenvalue weighted by Gasteiger charge is -2.11. The molecule has 2 N–H and O–H groups in total. The highest BCUT2D eigenvalue weighted by Gasteiger charge is 2.06. The van der Waals surface area contributed by atoms with E-state index in [1.807, 2.05) is 12.1 Å². The number of methoxy groups -OCH3 is 1. The third kappa shape index (κ3) is 6.38. The predicted octanol–water partition coefficient (Wildman–Crippen LogP) is 3.57. The van der Waals surface area contributed by atoms with Gasteiger partial charge >= 0.3 is 0 Å². The first-order valence-electron chi connectivity index (χ1n) is 8.64. The van der Waals surface area contributed by atoms with E-state index in [4.69, 9.17) is 4.74 Å². The van der Waals surface area contributed by atoms with E-state index in [9.17, 15) is 0 Å². The number of benzene rings is 1. The minimum atomic E-state index is 0.473. The molecule has 0 radical (unpaired) electrons. The molecule has 0 amide bonds. The third-order valence-electron chi connectivity index (χ3n) is 3.89. The van der Waals surface area contributed by atoms with E-state index in [1.165, 1.54) is 5.56 Å². The Labute approximate surface area is 154 Å². The monoisotopic (exact) mass is 360 g/mol. The van der Waals surface area contributed by atoms with Crippen molar-refractivity contribution in [3.63, 3.8) is 0 Å². The molecule has 0 saturated carbocycles. The molecule has 5 nitrogen and oxygen atoms in total. The van der Waals surface area contributed by atoms with Gasteiger partial charge in [0.25, 0.3) is 0 Å². The van der Waals surface area contributed by atoms with Crippen molar-refractivity contribution in [1.82, 2.24) is 15.6 Å². The number of nitrogens with zero attached hydrogens (tertiary/aromatic N) is 2. The Hall–Kier alpha value is -2.08. The molecular weight excluding hydrogens is 332 g/mol. The number of rotatable bonds is 8. The largest absolute Gasteiger partial charge is 0.497 e. The maximum atomic E-state index is 5.18. The van der Waals surface area contributed by atoms with Crippen LogP contribution in [0.15, 0.2) is 34.6 Å². The van der Waals surface area contributed by atoms with Gasteiger partial charge in [-0.05, 0) is 36.5 Å². The molecule has 0 spiro atoms. The van der Waals surface area contributed by atoms with Crippen molar-refractivity contribution in [2.75, 3.05) is 20.7 Å². The Kier molecular flexibility index (Phi) is 7.73. The Morgan fingerprint density at radius 1 is 1.24 bits per heavy atom. The lowest BCUT2D eigenvalue weighted by atomic mass is 10.1. The SMILES string of the molecule is CN=C(NCCCc1ccc(OC)cc1)NCc1nc(C(C)C)cs1. The number of aliphatic imine (C=N–C) groups is 1. The van der Waals surface area contributed by atoms with Crippen molar-refractivity contribution in [1.29, 1.82) is 0 Å². The molecule has 0 saturated heterocycles. The van der Waals surface area contributed by atoms with Gasteiger partial charge in [0.1, 0.15) is 10.8 Å². The average Bonchev–Trinajstić information content (AvgIpc) is 3.11. The van der Waals surface area contributed by atoms with Crippen molar-refractivity contribution in [2.45, 2.75) is 39.2 Å². The summed E-state index contributed by atoms with van der Waals surface area (Å²) in [6.07, 6.45) is 2.07. The van der Waals surface area contributed by atoms with Gasteiger partial charge in [0.2, 0.25) is 0 Å². The minimum Gasteiger partial charge on any atom is -0.497 e. The quantitative estimate of drug-likeness (QED) is 0.429. The van der Waals surface area contributed by atoms with Gasteiger partial charge in [-0.1, -0.05) is 26.0 Å². The summed E-state index contributed by atoms with van der Waals surface area (Å²) in [7, 11) is 3.48. The highest BCUT2D eigenvalue weighted by Crippen LogP contribution is 2.17. The number of nitrogens with one attached hydrogen (secondary N) is 2. The second-order valence-electron chi connectivity index (χ2n) is 6.12. The van der Waals surface area contributed by atoms with Gasteiger partial charge in [-0.15, -0.1) is 11.3 Å². The molecule has 0 bridgehead atoms.